The lowest BCUT2D eigenvalue weighted by atomic mass is 10.0. The molecule has 3 nitrogen and oxygen atoms in total. The number of hydrogen-bond acceptors (Lipinski definition) is 3. The molecule has 1 aromatic carbocycles. The van der Waals surface area contributed by atoms with E-state index in [4.69, 9.17) is 9.47 Å². The van der Waals surface area contributed by atoms with E-state index in [0.717, 1.165) is 29.9 Å². The van der Waals surface area contributed by atoms with Crippen LogP contribution in [0.15, 0.2) is 18.2 Å². The van der Waals surface area contributed by atoms with E-state index in [1.807, 2.05) is 26.1 Å². The van der Waals surface area contributed by atoms with Crippen molar-refractivity contribution in [3.63, 3.8) is 0 Å². The van der Waals surface area contributed by atoms with Crippen molar-refractivity contribution in [3.05, 3.63) is 23.8 Å². The molecule has 1 aromatic rings. The van der Waals surface area contributed by atoms with Crippen molar-refractivity contribution in [3.8, 4) is 23.3 Å². The Morgan fingerprint density at radius 3 is 2.94 bits per heavy atom. The molecule has 3 heteroatoms. The number of fused-ring (bicyclic) bond motifs is 1. The third-order valence-electron chi connectivity index (χ3n) is 3.06. The molecule has 0 fully saturated rings. The molecule has 1 aliphatic rings. The Balaban J connectivity index is 2.21. The first-order chi connectivity index (χ1) is 8.86. The molecular weight excluding hydrogens is 226 g/mol. The van der Waals surface area contributed by atoms with Crippen molar-refractivity contribution in [1.29, 1.82) is 0 Å². The summed E-state index contributed by atoms with van der Waals surface area (Å²) in [6.45, 7) is 3.12. The summed E-state index contributed by atoms with van der Waals surface area (Å²) in [5, 5.41) is 3.32. The quantitative estimate of drug-likeness (QED) is 0.827. The van der Waals surface area contributed by atoms with Gasteiger partial charge in [0.25, 0.3) is 0 Å². The molecule has 0 spiro atoms. The second-order valence-electron chi connectivity index (χ2n) is 4.18. The van der Waals surface area contributed by atoms with Crippen molar-refractivity contribution in [2.75, 3.05) is 20.3 Å². The first-order valence-corrected chi connectivity index (χ1v) is 6.32. The van der Waals surface area contributed by atoms with Crippen LogP contribution in [-0.2, 0) is 0 Å². The van der Waals surface area contributed by atoms with Crippen LogP contribution in [0, 0.1) is 11.8 Å². The Labute approximate surface area is 108 Å². The van der Waals surface area contributed by atoms with Crippen LogP contribution in [-0.4, -0.2) is 20.3 Å². The zero-order valence-electron chi connectivity index (χ0n) is 11.0. The minimum atomic E-state index is 0.252. The summed E-state index contributed by atoms with van der Waals surface area (Å²) in [7, 11) is 1.97. The van der Waals surface area contributed by atoms with Crippen molar-refractivity contribution in [2.45, 2.75) is 25.8 Å². The normalized spacial score (nSPS) is 14.6. The van der Waals surface area contributed by atoms with Crippen LogP contribution in [0.5, 0.6) is 11.5 Å². The average molecular weight is 245 g/mol. The van der Waals surface area contributed by atoms with Gasteiger partial charge in [-0.25, -0.2) is 0 Å². The number of ether oxygens (including phenoxy) is 2. The fraction of sp³-hybridized carbons (Fsp3) is 0.467. The van der Waals surface area contributed by atoms with Crippen LogP contribution in [0.3, 0.4) is 0 Å². The van der Waals surface area contributed by atoms with Crippen molar-refractivity contribution in [2.24, 2.45) is 0 Å². The van der Waals surface area contributed by atoms with Gasteiger partial charge in [-0.3, -0.25) is 0 Å². The highest BCUT2D eigenvalue weighted by Crippen LogP contribution is 2.37. The molecule has 1 atom stereocenters. The van der Waals surface area contributed by atoms with Gasteiger partial charge in [0, 0.05) is 18.0 Å². The predicted molar refractivity (Wildman–Crippen MR) is 71.9 cm³/mol. The van der Waals surface area contributed by atoms with Crippen LogP contribution in [0.25, 0.3) is 0 Å². The largest absolute Gasteiger partial charge is 0.486 e. The monoisotopic (exact) mass is 245 g/mol. The summed E-state index contributed by atoms with van der Waals surface area (Å²) in [5.74, 6) is 7.76. The molecular formula is C15H19NO2. The number of hydrogen-bond donors (Lipinski definition) is 1. The molecule has 0 aromatic heterocycles. The first-order valence-electron chi connectivity index (χ1n) is 6.32. The second kappa shape index (κ2) is 6.32. The topological polar surface area (TPSA) is 30.5 Å². The highest BCUT2D eigenvalue weighted by atomic mass is 16.6. The lowest BCUT2D eigenvalue weighted by Crippen LogP contribution is -2.21. The summed E-state index contributed by atoms with van der Waals surface area (Å²) in [5.41, 5.74) is 1.16. The maximum absolute atomic E-state index is 5.74. The third-order valence-corrected chi connectivity index (χ3v) is 3.06. The number of benzene rings is 1. The maximum Gasteiger partial charge on any atom is 0.166 e. The molecule has 0 saturated carbocycles. The van der Waals surface area contributed by atoms with Crippen LogP contribution < -0.4 is 14.8 Å². The summed E-state index contributed by atoms with van der Waals surface area (Å²) >= 11 is 0. The second-order valence-corrected chi connectivity index (χ2v) is 4.18. The maximum atomic E-state index is 5.74. The third kappa shape index (κ3) is 2.77. The lowest BCUT2D eigenvalue weighted by Gasteiger charge is -2.24. The highest BCUT2D eigenvalue weighted by Gasteiger charge is 2.20. The molecule has 1 aliphatic heterocycles. The van der Waals surface area contributed by atoms with E-state index < -0.39 is 0 Å². The number of rotatable bonds is 4. The van der Waals surface area contributed by atoms with Crippen LogP contribution in [0.2, 0.25) is 0 Å². The van der Waals surface area contributed by atoms with Crippen LogP contribution in [0.1, 0.15) is 31.4 Å². The van der Waals surface area contributed by atoms with Gasteiger partial charge in [-0.1, -0.05) is 12.1 Å². The van der Waals surface area contributed by atoms with E-state index in [1.54, 1.807) is 0 Å². The fourth-order valence-corrected chi connectivity index (χ4v) is 2.17. The van der Waals surface area contributed by atoms with E-state index in [9.17, 15) is 0 Å². The van der Waals surface area contributed by atoms with Crippen LogP contribution >= 0.6 is 0 Å². The van der Waals surface area contributed by atoms with Crippen molar-refractivity contribution in [1.82, 2.24) is 5.32 Å². The summed E-state index contributed by atoms with van der Waals surface area (Å²) in [6.07, 6.45) is 1.85. The van der Waals surface area contributed by atoms with Gasteiger partial charge < -0.3 is 14.8 Å². The molecule has 1 heterocycles. The summed E-state index contributed by atoms with van der Waals surface area (Å²) in [6, 6.07) is 6.31. The molecule has 96 valence electrons. The van der Waals surface area contributed by atoms with E-state index in [2.05, 4.69) is 23.2 Å². The van der Waals surface area contributed by atoms with Gasteiger partial charge in [0.15, 0.2) is 11.5 Å². The van der Waals surface area contributed by atoms with Gasteiger partial charge >= 0.3 is 0 Å². The zero-order chi connectivity index (χ0) is 12.8. The smallest absolute Gasteiger partial charge is 0.166 e. The standard InChI is InChI=1S/C15H19NO2/c1-3-4-5-8-13(16-2)12-7-6-9-14-15(12)18-11-10-17-14/h6-7,9,13,16H,5,8,10-11H2,1-2H3. The predicted octanol–water partition coefficient (Wildman–Crippen LogP) is 2.52. The Bertz CT molecular complexity index is 459. The van der Waals surface area contributed by atoms with E-state index >= 15 is 0 Å². The van der Waals surface area contributed by atoms with Crippen molar-refractivity contribution < 1.29 is 9.47 Å². The molecule has 0 radical (unpaired) electrons. The molecule has 2 rings (SSSR count). The first kappa shape index (κ1) is 12.8. The number of nitrogens with one attached hydrogen (secondary N) is 1. The van der Waals surface area contributed by atoms with Gasteiger partial charge in [-0.05, 0) is 26.5 Å². The molecule has 0 saturated heterocycles. The molecule has 0 bridgehead atoms. The molecule has 1 N–H and O–H groups in total. The highest BCUT2D eigenvalue weighted by molar-refractivity contribution is 5.48. The SMILES string of the molecule is CC#CCCC(NC)c1cccc2c1OCCO2. The summed E-state index contributed by atoms with van der Waals surface area (Å²) in [4.78, 5) is 0. The Kier molecular flexibility index (Phi) is 4.49. The van der Waals surface area contributed by atoms with Gasteiger partial charge in [-0.15, -0.1) is 11.8 Å². The summed E-state index contributed by atoms with van der Waals surface area (Å²) < 4.78 is 11.3. The average Bonchev–Trinajstić information content (AvgIpc) is 2.43. The molecule has 1 unspecified atom stereocenters. The Hall–Kier alpha value is -1.66. The van der Waals surface area contributed by atoms with E-state index in [1.165, 1.54) is 0 Å². The zero-order valence-corrected chi connectivity index (χ0v) is 11.0. The van der Waals surface area contributed by atoms with Gasteiger partial charge in [0.05, 0.1) is 0 Å². The Morgan fingerprint density at radius 2 is 2.17 bits per heavy atom. The molecule has 0 aliphatic carbocycles. The van der Waals surface area contributed by atoms with Crippen molar-refractivity contribution >= 4 is 0 Å². The van der Waals surface area contributed by atoms with Gasteiger partial charge in [0.2, 0.25) is 0 Å². The van der Waals surface area contributed by atoms with E-state index in [0.29, 0.717) is 13.2 Å². The van der Waals surface area contributed by atoms with Gasteiger partial charge in [-0.2, -0.15) is 0 Å². The number of para-hydroxylation sites is 1. The molecule has 0 amide bonds. The minimum absolute atomic E-state index is 0.252. The fourth-order valence-electron chi connectivity index (χ4n) is 2.17. The minimum Gasteiger partial charge on any atom is -0.486 e. The Morgan fingerprint density at radius 1 is 1.33 bits per heavy atom. The van der Waals surface area contributed by atoms with Gasteiger partial charge in [0.1, 0.15) is 13.2 Å². The molecule has 18 heavy (non-hydrogen) atoms. The van der Waals surface area contributed by atoms with E-state index in [-0.39, 0.29) is 6.04 Å². The van der Waals surface area contributed by atoms with Crippen LogP contribution in [0.4, 0.5) is 0 Å². The lowest BCUT2D eigenvalue weighted by molar-refractivity contribution is 0.168.